The molecule has 2 atom stereocenters. The van der Waals surface area contributed by atoms with Crippen molar-refractivity contribution >= 4 is 23.6 Å². The van der Waals surface area contributed by atoms with Gasteiger partial charge in [0.25, 0.3) is 0 Å². The Morgan fingerprint density at radius 3 is 2.60 bits per heavy atom. The third kappa shape index (κ3) is 4.65. The Kier molecular flexibility index (Phi) is 5.93. The Morgan fingerprint density at radius 1 is 1.32 bits per heavy atom. The van der Waals surface area contributed by atoms with Crippen molar-refractivity contribution < 1.29 is 9.59 Å². The molecule has 25 heavy (non-hydrogen) atoms. The minimum absolute atomic E-state index is 0.0585. The summed E-state index contributed by atoms with van der Waals surface area (Å²) in [7, 11) is 0. The predicted octanol–water partition coefficient (Wildman–Crippen LogP) is 4.79. The van der Waals surface area contributed by atoms with E-state index in [1.165, 1.54) is 0 Å². The summed E-state index contributed by atoms with van der Waals surface area (Å²) in [6.07, 6.45) is 7.27. The lowest BCUT2D eigenvalue weighted by molar-refractivity contribution is -0.123. The van der Waals surface area contributed by atoms with Gasteiger partial charge in [-0.3, -0.25) is 14.6 Å². The first-order chi connectivity index (χ1) is 11.7. The topological polar surface area (TPSA) is 58.5 Å². The molecular formula is C21H28N2O2. The molecule has 0 saturated heterocycles. The molecule has 0 fully saturated rings. The van der Waals surface area contributed by atoms with E-state index in [0.29, 0.717) is 11.3 Å². The molecule has 4 heteroatoms. The fraction of sp³-hybridized carbons (Fsp3) is 0.476. The number of nitrogens with one attached hydrogen (secondary N) is 1. The van der Waals surface area contributed by atoms with Gasteiger partial charge in [0.1, 0.15) is 0 Å². The van der Waals surface area contributed by atoms with Gasteiger partial charge in [0.15, 0.2) is 5.78 Å². The Bertz CT molecular complexity index is 711. The number of benzene rings is 1. The first-order valence-electron chi connectivity index (χ1n) is 8.88. The predicted molar refractivity (Wildman–Crippen MR) is 103 cm³/mol. The number of Topliss-reactive ketones (excluding diaryl/α,β-unsaturated/α-hetero) is 1. The molecule has 1 amide bonds. The van der Waals surface area contributed by atoms with Crippen molar-refractivity contribution in [2.24, 2.45) is 22.2 Å². The van der Waals surface area contributed by atoms with E-state index < -0.39 is 5.41 Å². The van der Waals surface area contributed by atoms with E-state index in [0.717, 1.165) is 18.4 Å². The van der Waals surface area contributed by atoms with Gasteiger partial charge in [-0.2, -0.15) is 0 Å². The highest BCUT2D eigenvalue weighted by atomic mass is 16.2. The second kappa shape index (κ2) is 7.77. The zero-order valence-electron chi connectivity index (χ0n) is 15.8. The molecule has 2 rings (SSSR count). The number of carbonyl (C=O) groups excluding carboxylic acids is 2. The number of aryl methyl sites for hydroxylation is 1. The maximum absolute atomic E-state index is 13.0. The molecule has 0 aromatic heterocycles. The lowest BCUT2D eigenvalue weighted by Gasteiger charge is -2.23. The van der Waals surface area contributed by atoms with Crippen LogP contribution in [-0.2, 0) is 4.79 Å². The normalized spacial score (nSPS) is 18.0. The monoisotopic (exact) mass is 340 g/mol. The number of amides is 1. The average molecular weight is 340 g/mol. The van der Waals surface area contributed by atoms with E-state index in [1.54, 1.807) is 12.3 Å². The number of hydrogen-bond donors (Lipinski definition) is 1. The Hall–Kier alpha value is -2.23. The largest absolute Gasteiger partial charge is 0.325 e. The van der Waals surface area contributed by atoms with E-state index in [9.17, 15) is 9.59 Å². The summed E-state index contributed by atoms with van der Waals surface area (Å²) in [5, 5.41) is 2.95. The third-order valence-electron chi connectivity index (χ3n) is 4.62. The zero-order chi connectivity index (χ0) is 18.6. The highest BCUT2D eigenvalue weighted by molar-refractivity contribution is 6.02. The van der Waals surface area contributed by atoms with Crippen molar-refractivity contribution in [2.75, 3.05) is 5.32 Å². The summed E-state index contributed by atoms with van der Waals surface area (Å²) in [6, 6.07) is 5.55. The Morgan fingerprint density at radius 2 is 2.04 bits per heavy atom. The molecule has 134 valence electrons. The molecule has 1 N–H and O–H groups in total. The van der Waals surface area contributed by atoms with Crippen molar-refractivity contribution in [2.45, 2.75) is 47.5 Å². The van der Waals surface area contributed by atoms with Crippen LogP contribution in [0.25, 0.3) is 0 Å². The van der Waals surface area contributed by atoms with Crippen LogP contribution in [0.2, 0.25) is 0 Å². The fourth-order valence-electron chi connectivity index (χ4n) is 2.88. The smallest absolute Gasteiger partial charge is 0.229 e. The number of carbonyl (C=O) groups is 2. The minimum atomic E-state index is -0.483. The van der Waals surface area contributed by atoms with Gasteiger partial charge < -0.3 is 5.32 Å². The minimum Gasteiger partial charge on any atom is -0.325 e. The fourth-order valence-corrected chi connectivity index (χ4v) is 2.88. The molecular weight excluding hydrogens is 312 g/mol. The van der Waals surface area contributed by atoms with Crippen molar-refractivity contribution in [3.05, 3.63) is 41.6 Å². The molecule has 1 aromatic rings. The Balaban J connectivity index is 2.25. The molecule has 0 bridgehead atoms. The van der Waals surface area contributed by atoms with E-state index in [1.807, 2.05) is 59.0 Å². The average Bonchev–Trinajstić information content (AvgIpc) is 2.57. The van der Waals surface area contributed by atoms with Gasteiger partial charge in [-0.15, -0.1) is 0 Å². The van der Waals surface area contributed by atoms with Crippen LogP contribution in [0.15, 0.2) is 35.5 Å². The van der Waals surface area contributed by atoms with Gasteiger partial charge in [-0.1, -0.05) is 45.9 Å². The van der Waals surface area contributed by atoms with Gasteiger partial charge in [0.2, 0.25) is 5.91 Å². The van der Waals surface area contributed by atoms with Crippen molar-refractivity contribution in [1.29, 1.82) is 0 Å². The van der Waals surface area contributed by atoms with E-state index in [-0.39, 0.29) is 23.5 Å². The molecule has 1 aliphatic rings. The quantitative estimate of drug-likeness (QED) is 0.783. The SMILES string of the molecule is CCC(C(=O)c1ccc(C)c(NC(=O)C(C)(C)C)c1)C1C=NC=CC1. The highest BCUT2D eigenvalue weighted by Crippen LogP contribution is 2.27. The van der Waals surface area contributed by atoms with Crippen LogP contribution in [0, 0.1) is 24.2 Å². The van der Waals surface area contributed by atoms with E-state index >= 15 is 0 Å². The lowest BCUT2D eigenvalue weighted by Crippen LogP contribution is -2.28. The van der Waals surface area contributed by atoms with Crippen LogP contribution in [0.5, 0.6) is 0 Å². The molecule has 0 radical (unpaired) electrons. The first kappa shape index (κ1) is 19.1. The molecule has 1 aliphatic heterocycles. The third-order valence-corrected chi connectivity index (χ3v) is 4.62. The number of aliphatic imine (C=N–C) groups is 1. The van der Waals surface area contributed by atoms with Crippen LogP contribution in [0.3, 0.4) is 0 Å². The number of rotatable bonds is 5. The highest BCUT2D eigenvalue weighted by Gasteiger charge is 2.27. The van der Waals surface area contributed by atoms with Crippen molar-refractivity contribution in [3.8, 4) is 0 Å². The van der Waals surface area contributed by atoms with Crippen LogP contribution in [0.1, 0.15) is 56.5 Å². The van der Waals surface area contributed by atoms with Gasteiger partial charge in [-0.05, 0) is 31.4 Å². The maximum Gasteiger partial charge on any atom is 0.229 e. The van der Waals surface area contributed by atoms with E-state index in [4.69, 9.17) is 0 Å². The zero-order valence-corrected chi connectivity index (χ0v) is 15.8. The summed E-state index contributed by atoms with van der Waals surface area (Å²) >= 11 is 0. The van der Waals surface area contributed by atoms with Gasteiger partial charge in [-0.25, -0.2) is 0 Å². The molecule has 2 unspecified atom stereocenters. The molecule has 0 saturated carbocycles. The summed E-state index contributed by atoms with van der Waals surface area (Å²) in [5.74, 6) is 0.0938. The summed E-state index contributed by atoms with van der Waals surface area (Å²) < 4.78 is 0. The second-order valence-corrected chi connectivity index (χ2v) is 7.70. The van der Waals surface area contributed by atoms with Crippen LogP contribution in [0.4, 0.5) is 5.69 Å². The molecule has 1 heterocycles. The van der Waals surface area contributed by atoms with Gasteiger partial charge in [0.05, 0.1) is 0 Å². The van der Waals surface area contributed by atoms with Crippen molar-refractivity contribution in [1.82, 2.24) is 0 Å². The molecule has 4 nitrogen and oxygen atoms in total. The van der Waals surface area contributed by atoms with Gasteiger partial charge >= 0.3 is 0 Å². The standard InChI is InChI=1S/C21H28N2O2/c1-6-17(16-8-7-11-22-13-16)19(24)15-10-9-14(2)18(12-15)23-20(25)21(3,4)5/h7,9-13,16-17H,6,8H2,1-5H3,(H,23,25). The van der Waals surface area contributed by atoms with Crippen LogP contribution < -0.4 is 5.32 Å². The first-order valence-corrected chi connectivity index (χ1v) is 8.88. The molecule has 0 spiro atoms. The van der Waals surface area contributed by atoms with E-state index in [2.05, 4.69) is 10.3 Å². The lowest BCUT2D eigenvalue weighted by atomic mass is 9.81. The summed E-state index contributed by atoms with van der Waals surface area (Å²) in [4.78, 5) is 29.5. The van der Waals surface area contributed by atoms with Crippen molar-refractivity contribution in [3.63, 3.8) is 0 Å². The number of anilines is 1. The summed E-state index contributed by atoms with van der Waals surface area (Å²) in [6.45, 7) is 9.58. The Labute approximate surface area is 150 Å². The summed E-state index contributed by atoms with van der Waals surface area (Å²) in [5.41, 5.74) is 1.82. The maximum atomic E-state index is 13.0. The second-order valence-electron chi connectivity index (χ2n) is 7.70. The number of nitrogens with zero attached hydrogens (tertiary/aromatic N) is 1. The number of allylic oxidation sites excluding steroid dienone is 1. The van der Waals surface area contributed by atoms with Gasteiger partial charge in [0, 0.05) is 40.9 Å². The number of hydrogen-bond acceptors (Lipinski definition) is 3. The molecule has 0 aliphatic carbocycles. The van der Waals surface area contributed by atoms with Crippen LogP contribution in [-0.4, -0.2) is 17.9 Å². The molecule has 1 aromatic carbocycles. The number of ketones is 1. The van der Waals surface area contributed by atoms with Crippen LogP contribution >= 0.6 is 0 Å².